The van der Waals surface area contributed by atoms with Gasteiger partial charge in [-0.15, -0.1) is 0 Å². The molecule has 0 fully saturated rings. The summed E-state index contributed by atoms with van der Waals surface area (Å²) in [4.78, 5) is 21.6. The van der Waals surface area contributed by atoms with Gasteiger partial charge >= 0.3 is 11.9 Å². The highest BCUT2D eigenvalue weighted by Crippen LogP contribution is 1.98. The van der Waals surface area contributed by atoms with Crippen LogP contribution in [0.25, 0.3) is 0 Å². The van der Waals surface area contributed by atoms with E-state index in [2.05, 4.69) is 14.8 Å². The maximum atomic E-state index is 10.8. The highest BCUT2D eigenvalue weighted by atomic mass is 16.5. The summed E-state index contributed by atoms with van der Waals surface area (Å²) in [5, 5.41) is 2.69. The zero-order valence-corrected chi connectivity index (χ0v) is 7.92. The van der Waals surface area contributed by atoms with Crippen LogP contribution in [0.15, 0.2) is 11.8 Å². The Labute approximate surface area is 76.7 Å². The molecular weight excluding hydrogens is 174 g/mol. The fourth-order valence-corrected chi connectivity index (χ4v) is 0.640. The van der Waals surface area contributed by atoms with Gasteiger partial charge in [0.2, 0.25) is 0 Å². The number of hydrogen-bond donors (Lipinski definition) is 1. The molecule has 0 atom stereocenters. The molecule has 0 aliphatic carbocycles. The van der Waals surface area contributed by atoms with Crippen molar-refractivity contribution in [3.63, 3.8) is 0 Å². The third-order valence-corrected chi connectivity index (χ3v) is 1.38. The molecule has 0 radical (unpaired) electrons. The Morgan fingerprint density at radius 2 is 1.92 bits per heavy atom. The summed E-state index contributed by atoms with van der Waals surface area (Å²) in [5.74, 6) is -0.919. The number of rotatable bonds is 4. The molecule has 0 aromatic rings. The molecule has 5 nitrogen and oxygen atoms in total. The molecule has 0 saturated carbocycles. The number of carbonyl (C=O) groups is 2. The first-order valence-corrected chi connectivity index (χ1v) is 3.67. The van der Waals surface area contributed by atoms with Crippen molar-refractivity contribution < 1.29 is 19.1 Å². The Kier molecular flexibility index (Phi) is 5.34. The van der Waals surface area contributed by atoms with Gasteiger partial charge in [0.15, 0.2) is 0 Å². The molecule has 0 bridgehead atoms. The predicted molar refractivity (Wildman–Crippen MR) is 45.8 cm³/mol. The molecule has 0 amide bonds. The van der Waals surface area contributed by atoms with Gasteiger partial charge in [-0.25, -0.2) is 4.79 Å². The second-order valence-corrected chi connectivity index (χ2v) is 2.20. The standard InChI is InChI=1S/C8H13NO4/c1-9-6(4-7(10)12-2)5-8(11)13-3/h4,9H,5H2,1-3H3/b6-4-. The third-order valence-electron chi connectivity index (χ3n) is 1.38. The zero-order valence-electron chi connectivity index (χ0n) is 7.92. The van der Waals surface area contributed by atoms with E-state index < -0.39 is 11.9 Å². The first-order valence-electron chi connectivity index (χ1n) is 3.67. The molecule has 0 aromatic carbocycles. The first kappa shape index (κ1) is 11.5. The number of nitrogens with one attached hydrogen (secondary N) is 1. The number of methoxy groups -OCH3 is 2. The highest BCUT2D eigenvalue weighted by molar-refractivity contribution is 5.84. The van der Waals surface area contributed by atoms with Gasteiger partial charge in [-0.05, 0) is 0 Å². The van der Waals surface area contributed by atoms with E-state index in [1.807, 2.05) is 0 Å². The van der Waals surface area contributed by atoms with E-state index >= 15 is 0 Å². The molecule has 5 heteroatoms. The van der Waals surface area contributed by atoms with Gasteiger partial charge in [-0.2, -0.15) is 0 Å². The lowest BCUT2D eigenvalue weighted by Gasteiger charge is -2.04. The fraction of sp³-hybridized carbons (Fsp3) is 0.500. The molecule has 0 spiro atoms. The molecule has 0 saturated heterocycles. The van der Waals surface area contributed by atoms with Gasteiger partial charge in [-0.1, -0.05) is 0 Å². The van der Waals surface area contributed by atoms with Crippen molar-refractivity contribution >= 4 is 11.9 Å². The van der Waals surface area contributed by atoms with Crippen LogP contribution in [0.3, 0.4) is 0 Å². The maximum Gasteiger partial charge on any atom is 0.332 e. The average Bonchev–Trinajstić information content (AvgIpc) is 2.16. The van der Waals surface area contributed by atoms with E-state index in [1.54, 1.807) is 7.05 Å². The fourth-order valence-electron chi connectivity index (χ4n) is 0.640. The summed E-state index contributed by atoms with van der Waals surface area (Å²) in [5.41, 5.74) is 0.457. The van der Waals surface area contributed by atoms with Crippen LogP contribution in [-0.4, -0.2) is 33.2 Å². The minimum atomic E-state index is -0.506. The molecule has 0 heterocycles. The molecule has 74 valence electrons. The lowest BCUT2D eigenvalue weighted by atomic mass is 10.3. The van der Waals surface area contributed by atoms with Gasteiger partial charge < -0.3 is 14.8 Å². The summed E-state index contributed by atoms with van der Waals surface area (Å²) < 4.78 is 8.82. The van der Waals surface area contributed by atoms with Crippen molar-refractivity contribution in [3.05, 3.63) is 11.8 Å². The van der Waals surface area contributed by atoms with Crippen LogP contribution >= 0.6 is 0 Å². The van der Waals surface area contributed by atoms with Crippen molar-refractivity contribution in [1.82, 2.24) is 5.32 Å². The number of carbonyl (C=O) groups excluding carboxylic acids is 2. The zero-order chi connectivity index (χ0) is 10.3. The lowest BCUT2D eigenvalue weighted by molar-refractivity contribution is -0.139. The monoisotopic (exact) mass is 187 g/mol. The summed E-state index contributed by atoms with van der Waals surface area (Å²) in [6.45, 7) is 0. The van der Waals surface area contributed by atoms with Crippen LogP contribution in [0, 0.1) is 0 Å². The summed E-state index contributed by atoms with van der Waals surface area (Å²) in [7, 11) is 4.16. The second kappa shape index (κ2) is 6.05. The number of ether oxygens (including phenoxy) is 2. The Hall–Kier alpha value is -1.52. The van der Waals surface area contributed by atoms with Gasteiger partial charge in [0.05, 0.1) is 20.6 Å². The van der Waals surface area contributed by atoms with Crippen molar-refractivity contribution in [3.8, 4) is 0 Å². The Morgan fingerprint density at radius 1 is 1.31 bits per heavy atom. The molecule has 0 aliphatic rings. The highest BCUT2D eigenvalue weighted by Gasteiger charge is 2.06. The molecule has 13 heavy (non-hydrogen) atoms. The predicted octanol–water partition coefficient (Wildman–Crippen LogP) is -0.174. The SMILES string of the molecule is CN/C(=C\C(=O)OC)CC(=O)OC. The molecule has 0 aliphatic heterocycles. The molecule has 0 unspecified atom stereocenters. The van der Waals surface area contributed by atoms with Crippen LogP contribution < -0.4 is 5.32 Å². The summed E-state index contributed by atoms with van der Waals surface area (Å²) in [6, 6.07) is 0. The van der Waals surface area contributed by atoms with Crippen LogP contribution in [0.5, 0.6) is 0 Å². The maximum absolute atomic E-state index is 10.8. The van der Waals surface area contributed by atoms with E-state index in [-0.39, 0.29) is 6.42 Å². The number of hydrogen-bond acceptors (Lipinski definition) is 5. The van der Waals surface area contributed by atoms with E-state index in [4.69, 9.17) is 0 Å². The lowest BCUT2D eigenvalue weighted by Crippen LogP contribution is -2.14. The van der Waals surface area contributed by atoms with Crippen LogP contribution in [0.1, 0.15) is 6.42 Å². The van der Waals surface area contributed by atoms with E-state index in [0.717, 1.165) is 0 Å². The molecular formula is C8H13NO4. The van der Waals surface area contributed by atoms with Gasteiger partial charge in [0.1, 0.15) is 0 Å². The summed E-state index contributed by atoms with van der Waals surface area (Å²) in [6.07, 6.45) is 1.24. The Balaban J connectivity index is 4.25. The third kappa shape index (κ3) is 4.84. The van der Waals surface area contributed by atoms with Crippen molar-refractivity contribution in [2.45, 2.75) is 6.42 Å². The normalized spacial score (nSPS) is 10.5. The van der Waals surface area contributed by atoms with Gasteiger partial charge in [-0.3, -0.25) is 4.79 Å². The van der Waals surface area contributed by atoms with E-state index in [0.29, 0.717) is 5.70 Å². The van der Waals surface area contributed by atoms with Crippen molar-refractivity contribution in [2.75, 3.05) is 21.3 Å². The first-order chi connectivity index (χ1) is 6.13. The smallest absolute Gasteiger partial charge is 0.332 e. The van der Waals surface area contributed by atoms with Crippen LogP contribution in [0.2, 0.25) is 0 Å². The Bertz CT molecular complexity index is 222. The van der Waals surface area contributed by atoms with Gasteiger partial charge in [0, 0.05) is 18.8 Å². The average molecular weight is 187 g/mol. The minimum absolute atomic E-state index is 0.0299. The van der Waals surface area contributed by atoms with Crippen molar-refractivity contribution in [2.24, 2.45) is 0 Å². The second-order valence-electron chi connectivity index (χ2n) is 2.20. The molecule has 1 N–H and O–H groups in total. The summed E-state index contributed by atoms with van der Waals surface area (Å²) >= 11 is 0. The Morgan fingerprint density at radius 3 is 2.31 bits per heavy atom. The molecule has 0 rings (SSSR count). The minimum Gasteiger partial charge on any atom is -0.469 e. The van der Waals surface area contributed by atoms with Crippen molar-refractivity contribution in [1.29, 1.82) is 0 Å². The van der Waals surface area contributed by atoms with E-state index in [9.17, 15) is 9.59 Å². The molecule has 0 aromatic heterocycles. The number of esters is 2. The van der Waals surface area contributed by atoms with E-state index in [1.165, 1.54) is 20.3 Å². The quantitative estimate of drug-likeness (QED) is 0.489. The van der Waals surface area contributed by atoms with Gasteiger partial charge in [0.25, 0.3) is 0 Å². The largest absolute Gasteiger partial charge is 0.469 e. The topological polar surface area (TPSA) is 64.6 Å². The van der Waals surface area contributed by atoms with Crippen LogP contribution in [-0.2, 0) is 19.1 Å². The van der Waals surface area contributed by atoms with Crippen LogP contribution in [0.4, 0.5) is 0 Å².